The van der Waals surface area contributed by atoms with E-state index < -0.39 is 10.0 Å². The van der Waals surface area contributed by atoms with Crippen molar-refractivity contribution in [3.63, 3.8) is 0 Å². The van der Waals surface area contributed by atoms with Gasteiger partial charge in [-0.1, -0.05) is 23.7 Å². The molecule has 5 nitrogen and oxygen atoms in total. The highest BCUT2D eigenvalue weighted by Crippen LogP contribution is 2.25. The van der Waals surface area contributed by atoms with Crippen LogP contribution in [0.1, 0.15) is 0 Å². The molecule has 7 heteroatoms. The lowest BCUT2D eigenvalue weighted by molar-refractivity contribution is 0.103. The maximum Gasteiger partial charge on any atom is 0.244 e. The molecular formula is C13H18ClN3O2S. The van der Waals surface area contributed by atoms with Crippen LogP contribution >= 0.6 is 11.6 Å². The third-order valence-corrected chi connectivity index (χ3v) is 6.40. The molecule has 2 fully saturated rings. The Hall–Kier alpha value is -0.660. The Kier molecular flexibility index (Phi) is 4.01. The van der Waals surface area contributed by atoms with Crippen LogP contribution in [0.4, 0.5) is 0 Å². The summed E-state index contributed by atoms with van der Waals surface area (Å²) in [6, 6.07) is 7.20. The molecule has 0 atom stereocenters. The second kappa shape index (κ2) is 5.61. The number of nitrogens with zero attached hydrogens (tertiary/aromatic N) is 2. The molecule has 0 saturated carbocycles. The van der Waals surface area contributed by atoms with E-state index in [0.717, 1.165) is 26.2 Å². The predicted molar refractivity (Wildman–Crippen MR) is 78.4 cm³/mol. The van der Waals surface area contributed by atoms with Gasteiger partial charge in [0.15, 0.2) is 0 Å². The molecule has 1 aromatic rings. The molecule has 1 N–H and O–H groups in total. The quantitative estimate of drug-likeness (QED) is 0.888. The second-order valence-corrected chi connectivity index (χ2v) is 7.50. The first kappa shape index (κ1) is 14.3. The normalized spacial score (nSPS) is 22.6. The van der Waals surface area contributed by atoms with E-state index in [-0.39, 0.29) is 9.92 Å². The summed E-state index contributed by atoms with van der Waals surface area (Å²) in [4.78, 5) is 2.56. The van der Waals surface area contributed by atoms with Gasteiger partial charge in [-0.05, 0) is 12.1 Å². The minimum absolute atomic E-state index is 0.209. The zero-order chi connectivity index (χ0) is 14.2. The Bertz CT molecular complexity index is 581. The van der Waals surface area contributed by atoms with E-state index in [9.17, 15) is 8.42 Å². The molecule has 0 radical (unpaired) electrons. The van der Waals surface area contributed by atoms with Crippen LogP contribution in [0.3, 0.4) is 0 Å². The van der Waals surface area contributed by atoms with Gasteiger partial charge in [0.25, 0.3) is 0 Å². The molecule has 0 aromatic heterocycles. The Morgan fingerprint density at radius 1 is 1.10 bits per heavy atom. The van der Waals surface area contributed by atoms with Crippen molar-refractivity contribution in [2.45, 2.75) is 10.9 Å². The van der Waals surface area contributed by atoms with Crippen molar-refractivity contribution in [2.24, 2.45) is 0 Å². The van der Waals surface area contributed by atoms with Crippen molar-refractivity contribution in [1.82, 2.24) is 14.5 Å². The van der Waals surface area contributed by atoms with Gasteiger partial charge < -0.3 is 5.32 Å². The van der Waals surface area contributed by atoms with Crippen LogP contribution in [0, 0.1) is 0 Å². The van der Waals surface area contributed by atoms with Gasteiger partial charge in [-0.3, -0.25) is 4.90 Å². The van der Waals surface area contributed by atoms with Gasteiger partial charge in [0, 0.05) is 45.3 Å². The smallest absolute Gasteiger partial charge is 0.244 e. The van der Waals surface area contributed by atoms with Crippen molar-refractivity contribution in [3.8, 4) is 0 Å². The summed E-state index contributed by atoms with van der Waals surface area (Å²) in [5, 5.41) is 3.53. The molecule has 0 bridgehead atoms. The predicted octanol–water partition coefficient (Wildman–Crippen LogP) is 0.618. The average molecular weight is 316 g/mol. The van der Waals surface area contributed by atoms with Gasteiger partial charge in [0.05, 0.1) is 5.02 Å². The summed E-state index contributed by atoms with van der Waals surface area (Å²) < 4.78 is 26.7. The average Bonchev–Trinajstić information content (AvgIpc) is 2.38. The number of rotatable bonds is 3. The molecule has 2 saturated heterocycles. The van der Waals surface area contributed by atoms with Crippen molar-refractivity contribution < 1.29 is 8.42 Å². The standard InChI is InChI=1S/C13H18ClN3O2S/c14-12-3-1-2-4-13(12)20(18,19)17-7-5-16(6-8-17)11-9-15-10-11/h1-4,11,15H,5-10H2. The molecule has 110 valence electrons. The first-order chi connectivity index (χ1) is 9.59. The molecule has 2 aliphatic heterocycles. The molecule has 3 rings (SSSR count). The summed E-state index contributed by atoms with van der Waals surface area (Å²) in [5.74, 6) is 0. The molecule has 20 heavy (non-hydrogen) atoms. The van der Waals surface area contributed by atoms with Gasteiger partial charge in [-0.2, -0.15) is 4.31 Å². The van der Waals surface area contributed by atoms with Crippen LogP contribution in [0.2, 0.25) is 5.02 Å². The molecular weight excluding hydrogens is 298 g/mol. The van der Waals surface area contributed by atoms with Crippen molar-refractivity contribution >= 4 is 21.6 Å². The third kappa shape index (κ3) is 2.58. The SMILES string of the molecule is O=S(=O)(c1ccccc1Cl)N1CCN(C2CNC2)CC1. The number of nitrogens with one attached hydrogen (secondary N) is 1. The minimum atomic E-state index is -3.47. The molecule has 0 aliphatic carbocycles. The van der Waals surface area contributed by atoms with E-state index in [2.05, 4.69) is 10.2 Å². The third-order valence-electron chi connectivity index (χ3n) is 4.00. The topological polar surface area (TPSA) is 52.7 Å². The van der Waals surface area contributed by atoms with Crippen molar-refractivity contribution in [3.05, 3.63) is 29.3 Å². The Morgan fingerprint density at radius 3 is 2.30 bits per heavy atom. The number of benzene rings is 1. The lowest BCUT2D eigenvalue weighted by atomic mass is 10.1. The summed E-state index contributed by atoms with van der Waals surface area (Å²) in [5.41, 5.74) is 0. The number of sulfonamides is 1. The van der Waals surface area contributed by atoms with Crippen molar-refractivity contribution in [2.75, 3.05) is 39.3 Å². The molecule has 2 heterocycles. The highest BCUT2D eigenvalue weighted by molar-refractivity contribution is 7.89. The van der Waals surface area contributed by atoms with Crippen LogP contribution in [-0.4, -0.2) is 62.9 Å². The maximum absolute atomic E-state index is 12.6. The summed E-state index contributed by atoms with van der Waals surface area (Å²) in [6.07, 6.45) is 0. The fraction of sp³-hybridized carbons (Fsp3) is 0.538. The Morgan fingerprint density at radius 2 is 1.75 bits per heavy atom. The Labute approximate surface area is 124 Å². The number of hydrogen-bond donors (Lipinski definition) is 1. The number of piperazine rings is 1. The summed E-state index contributed by atoms with van der Waals surface area (Å²) in [6.45, 7) is 4.66. The second-order valence-electron chi connectivity index (χ2n) is 5.18. The molecule has 0 unspecified atom stereocenters. The highest BCUT2D eigenvalue weighted by atomic mass is 35.5. The van der Waals surface area contributed by atoms with Gasteiger partial charge in [-0.15, -0.1) is 0 Å². The Balaban J connectivity index is 1.72. The summed E-state index contributed by atoms with van der Waals surface area (Å²) in [7, 11) is -3.47. The van der Waals surface area contributed by atoms with E-state index in [1.807, 2.05) is 0 Å². The summed E-state index contributed by atoms with van der Waals surface area (Å²) >= 11 is 6.01. The molecule has 0 spiro atoms. The van der Waals surface area contributed by atoms with E-state index in [0.29, 0.717) is 19.1 Å². The lowest BCUT2D eigenvalue weighted by Gasteiger charge is -2.42. The first-order valence-electron chi connectivity index (χ1n) is 6.78. The zero-order valence-electron chi connectivity index (χ0n) is 11.1. The zero-order valence-corrected chi connectivity index (χ0v) is 12.7. The van der Waals surface area contributed by atoms with Crippen molar-refractivity contribution in [1.29, 1.82) is 0 Å². The fourth-order valence-electron chi connectivity index (χ4n) is 2.63. The van der Waals surface area contributed by atoms with E-state index in [4.69, 9.17) is 11.6 Å². The number of hydrogen-bond acceptors (Lipinski definition) is 4. The molecule has 1 aromatic carbocycles. The van der Waals surface area contributed by atoms with Gasteiger partial charge in [-0.25, -0.2) is 8.42 Å². The maximum atomic E-state index is 12.6. The first-order valence-corrected chi connectivity index (χ1v) is 8.60. The van der Waals surface area contributed by atoms with Crippen LogP contribution < -0.4 is 5.32 Å². The van der Waals surface area contributed by atoms with Gasteiger partial charge in [0.1, 0.15) is 4.90 Å². The highest BCUT2D eigenvalue weighted by Gasteiger charge is 2.33. The van der Waals surface area contributed by atoms with Crippen LogP contribution in [-0.2, 0) is 10.0 Å². The van der Waals surface area contributed by atoms with Gasteiger partial charge >= 0.3 is 0 Å². The van der Waals surface area contributed by atoms with E-state index in [1.54, 1.807) is 24.3 Å². The van der Waals surface area contributed by atoms with Gasteiger partial charge in [0.2, 0.25) is 10.0 Å². The van der Waals surface area contributed by atoms with Crippen LogP contribution in [0.25, 0.3) is 0 Å². The minimum Gasteiger partial charge on any atom is -0.314 e. The fourth-order valence-corrected chi connectivity index (χ4v) is 4.55. The molecule has 2 aliphatic rings. The number of halogens is 1. The van der Waals surface area contributed by atoms with E-state index >= 15 is 0 Å². The van der Waals surface area contributed by atoms with Crippen LogP contribution in [0.5, 0.6) is 0 Å². The monoisotopic (exact) mass is 315 g/mol. The van der Waals surface area contributed by atoms with Crippen LogP contribution in [0.15, 0.2) is 29.2 Å². The lowest BCUT2D eigenvalue weighted by Crippen LogP contribution is -2.62. The van der Waals surface area contributed by atoms with E-state index in [1.165, 1.54) is 4.31 Å². The molecule has 0 amide bonds. The largest absolute Gasteiger partial charge is 0.314 e.